The molecule has 2 aromatic carbocycles. The molecule has 7 nitrogen and oxygen atoms in total. The highest BCUT2D eigenvalue weighted by Crippen LogP contribution is 2.37. The normalized spacial score (nSPS) is 13.5. The molecular weight excluding hydrogens is 554 g/mol. The molecule has 13 heteroatoms. The fourth-order valence-corrected chi connectivity index (χ4v) is 4.53. The van der Waals surface area contributed by atoms with Crippen LogP contribution in [0, 0.1) is 0 Å². The van der Waals surface area contributed by atoms with Crippen molar-refractivity contribution in [3.63, 3.8) is 0 Å². The van der Waals surface area contributed by atoms with Gasteiger partial charge in [0.1, 0.15) is 12.6 Å². The van der Waals surface area contributed by atoms with E-state index in [1.807, 2.05) is 6.92 Å². The molecule has 0 aliphatic heterocycles. The Labute approximate surface area is 224 Å². The van der Waals surface area contributed by atoms with Gasteiger partial charge in [0.2, 0.25) is 21.8 Å². The molecule has 0 fully saturated rings. The molecule has 0 heterocycles. The molecule has 2 aromatic rings. The number of carbonyl (C=O) groups excluding carboxylic acids is 2. The van der Waals surface area contributed by atoms with E-state index in [0.717, 1.165) is 18.4 Å². The molecule has 0 aliphatic carbocycles. The van der Waals surface area contributed by atoms with Crippen molar-refractivity contribution in [3.05, 3.63) is 63.6 Å². The van der Waals surface area contributed by atoms with Crippen LogP contribution < -0.4 is 9.62 Å². The number of nitrogens with zero attached hydrogens (tertiary/aromatic N) is 2. The third-order valence-corrected chi connectivity index (χ3v) is 7.38. The number of amides is 2. The smallest absolute Gasteiger partial charge is 0.352 e. The van der Waals surface area contributed by atoms with E-state index in [1.165, 1.54) is 11.8 Å². The first kappa shape index (κ1) is 30.7. The molecule has 0 saturated heterocycles. The molecular formula is C24H28Cl2F3N3O4S. The Morgan fingerprint density at radius 1 is 1.05 bits per heavy atom. The Hall–Kier alpha value is -2.50. The number of alkyl halides is 3. The number of anilines is 1. The fourth-order valence-electron chi connectivity index (χ4n) is 3.33. The summed E-state index contributed by atoms with van der Waals surface area (Å²) in [6.45, 7) is 4.24. The molecule has 0 spiro atoms. The van der Waals surface area contributed by atoms with Gasteiger partial charge in [0.05, 0.1) is 22.5 Å². The molecule has 0 bridgehead atoms. The number of rotatable bonds is 10. The zero-order chi connectivity index (χ0) is 28.1. The minimum absolute atomic E-state index is 0.0723. The van der Waals surface area contributed by atoms with Crippen molar-refractivity contribution in [2.24, 2.45) is 0 Å². The summed E-state index contributed by atoms with van der Waals surface area (Å²) in [7, 11) is -4.21. The third kappa shape index (κ3) is 8.51. The first-order valence-electron chi connectivity index (χ1n) is 11.2. The SMILES string of the molecule is CCC(C)NC(=O)C(C)N(Cc1ccc(Cl)cc1)C(=O)CN(c1ccc(Cl)c(C(F)(F)F)c1)S(C)(=O)=O. The van der Waals surface area contributed by atoms with Gasteiger partial charge in [-0.25, -0.2) is 8.42 Å². The summed E-state index contributed by atoms with van der Waals surface area (Å²) in [6, 6.07) is 7.84. The lowest BCUT2D eigenvalue weighted by Crippen LogP contribution is -2.52. The van der Waals surface area contributed by atoms with Crippen LogP contribution in [0.4, 0.5) is 18.9 Å². The van der Waals surface area contributed by atoms with E-state index in [2.05, 4.69) is 5.32 Å². The van der Waals surface area contributed by atoms with Gasteiger partial charge in [-0.2, -0.15) is 13.2 Å². The number of hydrogen-bond acceptors (Lipinski definition) is 4. The summed E-state index contributed by atoms with van der Waals surface area (Å²) in [5, 5.41) is 2.62. The van der Waals surface area contributed by atoms with Gasteiger partial charge in [-0.05, 0) is 56.2 Å². The van der Waals surface area contributed by atoms with Crippen LogP contribution in [0.25, 0.3) is 0 Å². The predicted molar refractivity (Wildman–Crippen MR) is 138 cm³/mol. The second kappa shape index (κ2) is 12.4. The predicted octanol–water partition coefficient (Wildman–Crippen LogP) is 5.11. The van der Waals surface area contributed by atoms with Crippen LogP contribution >= 0.6 is 23.2 Å². The minimum Gasteiger partial charge on any atom is -0.352 e. The highest BCUT2D eigenvalue weighted by atomic mass is 35.5. The molecule has 0 saturated carbocycles. The molecule has 1 N–H and O–H groups in total. The van der Waals surface area contributed by atoms with Crippen LogP contribution in [-0.2, 0) is 32.3 Å². The number of halogens is 5. The number of hydrogen-bond donors (Lipinski definition) is 1. The van der Waals surface area contributed by atoms with E-state index < -0.39 is 56.9 Å². The number of nitrogens with one attached hydrogen (secondary N) is 1. The molecule has 2 unspecified atom stereocenters. The van der Waals surface area contributed by atoms with Crippen molar-refractivity contribution in [1.82, 2.24) is 10.2 Å². The van der Waals surface area contributed by atoms with Crippen molar-refractivity contribution in [1.29, 1.82) is 0 Å². The van der Waals surface area contributed by atoms with Crippen molar-refractivity contribution < 1.29 is 31.2 Å². The van der Waals surface area contributed by atoms with E-state index >= 15 is 0 Å². The van der Waals surface area contributed by atoms with Gasteiger partial charge in [0.25, 0.3) is 0 Å². The highest BCUT2D eigenvalue weighted by molar-refractivity contribution is 7.92. The topological polar surface area (TPSA) is 86.8 Å². The molecule has 2 amide bonds. The summed E-state index contributed by atoms with van der Waals surface area (Å²) in [5.74, 6) is -1.26. The van der Waals surface area contributed by atoms with Crippen molar-refractivity contribution in [3.8, 4) is 0 Å². The Balaban J connectivity index is 2.47. The second-order valence-electron chi connectivity index (χ2n) is 8.57. The Morgan fingerprint density at radius 2 is 1.65 bits per heavy atom. The van der Waals surface area contributed by atoms with Crippen LogP contribution in [-0.4, -0.2) is 50.0 Å². The largest absolute Gasteiger partial charge is 0.417 e. The van der Waals surface area contributed by atoms with Gasteiger partial charge in [-0.15, -0.1) is 0 Å². The molecule has 0 aliphatic rings. The van der Waals surface area contributed by atoms with Gasteiger partial charge in [-0.3, -0.25) is 13.9 Å². The summed E-state index contributed by atoms with van der Waals surface area (Å²) in [6.07, 6.45) is -3.43. The standard InChI is InChI=1S/C24H28Cl2F3N3O4S/c1-5-15(2)30-23(34)16(3)31(13-17-6-8-18(25)9-7-17)22(33)14-32(37(4,35)36)19-10-11-21(26)20(12-19)24(27,28)29/h6-12,15-16H,5,13-14H2,1-4H3,(H,30,34). The van der Waals surface area contributed by atoms with E-state index in [1.54, 1.807) is 31.2 Å². The van der Waals surface area contributed by atoms with Gasteiger partial charge in [0, 0.05) is 17.6 Å². The lowest BCUT2D eigenvalue weighted by atomic mass is 10.1. The Bertz CT molecular complexity index is 1220. The maximum Gasteiger partial charge on any atom is 0.417 e. The van der Waals surface area contributed by atoms with Gasteiger partial charge in [0.15, 0.2) is 0 Å². The van der Waals surface area contributed by atoms with Gasteiger partial charge < -0.3 is 10.2 Å². The minimum atomic E-state index is -4.84. The molecule has 0 aromatic heterocycles. The Kier molecular flexibility index (Phi) is 10.3. The van der Waals surface area contributed by atoms with Crippen molar-refractivity contribution in [2.75, 3.05) is 17.1 Å². The Morgan fingerprint density at radius 3 is 2.16 bits per heavy atom. The maximum atomic E-state index is 13.5. The van der Waals surface area contributed by atoms with E-state index in [-0.39, 0.29) is 12.6 Å². The molecule has 2 rings (SSSR count). The quantitative estimate of drug-likeness (QED) is 0.422. The summed E-state index contributed by atoms with van der Waals surface area (Å²) >= 11 is 11.6. The zero-order valence-electron chi connectivity index (χ0n) is 20.6. The van der Waals surface area contributed by atoms with Crippen LogP contribution in [0.1, 0.15) is 38.3 Å². The van der Waals surface area contributed by atoms with Crippen LogP contribution in [0.5, 0.6) is 0 Å². The third-order valence-electron chi connectivity index (χ3n) is 5.66. The first-order valence-corrected chi connectivity index (χ1v) is 13.8. The number of carbonyl (C=O) groups is 2. The zero-order valence-corrected chi connectivity index (χ0v) is 23.0. The highest BCUT2D eigenvalue weighted by Gasteiger charge is 2.35. The maximum absolute atomic E-state index is 13.5. The summed E-state index contributed by atoms with van der Waals surface area (Å²) < 4.78 is 65.9. The van der Waals surface area contributed by atoms with Crippen LogP contribution in [0.3, 0.4) is 0 Å². The average Bonchev–Trinajstić information content (AvgIpc) is 2.80. The van der Waals surface area contributed by atoms with E-state index in [0.29, 0.717) is 27.4 Å². The van der Waals surface area contributed by atoms with Crippen molar-refractivity contribution in [2.45, 2.75) is 52.0 Å². The van der Waals surface area contributed by atoms with Gasteiger partial charge in [-0.1, -0.05) is 42.3 Å². The van der Waals surface area contributed by atoms with E-state index in [9.17, 15) is 31.2 Å². The number of benzene rings is 2. The molecule has 2 atom stereocenters. The molecule has 204 valence electrons. The lowest BCUT2D eigenvalue weighted by molar-refractivity contribution is -0.139. The monoisotopic (exact) mass is 581 g/mol. The second-order valence-corrected chi connectivity index (χ2v) is 11.3. The van der Waals surface area contributed by atoms with Crippen molar-refractivity contribution >= 4 is 50.7 Å². The van der Waals surface area contributed by atoms with Crippen LogP contribution in [0.15, 0.2) is 42.5 Å². The average molecular weight is 582 g/mol. The molecule has 0 radical (unpaired) electrons. The summed E-state index contributed by atoms with van der Waals surface area (Å²) in [5.41, 5.74) is -1.03. The molecule has 37 heavy (non-hydrogen) atoms. The number of sulfonamides is 1. The first-order chi connectivity index (χ1) is 17.0. The fraction of sp³-hybridized carbons (Fsp3) is 0.417. The van der Waals surface area contributed by atoms with Gasteiger partial charge >= 0.3 is 6.18 Å². The summed E-state index contributed by atoms with van der Waals surface area (Å²) in [4.78, 5) is 27.5. The van der Waals surface area contributed by atoms with E-state index in [4.69, 9.17) is 23.2 Å². The lowest BCUT2D eigenvalue weighted by Gasteiger charge is -2.32. The van der Waals surface area contributed by atoms with Crippen LogP contribution in [0.2, 0.25) is 10.0 Å².